The number of nitrogens with zero attached hydrogens (tertiary/aromatic N) is 3. The van der Waals surface area contributed by atoms with E-state index in [9.17, 15) is 18.8 Å². The number of rotatable bonds is 2. The van der Waals surface area contributed by atoms with Crippen LogP contribution in [0.15, 0.2) is 24.3 Å². The number of likely N-dealkylation sites (tertiary alicyclic amines) is 1. The molecule has 0 aromatic heterocycles. The summed E-state index contributed by atoms with van der Waals surface area (Å²) in [5.74, 6) is -0.293. The molecule has 1 saturated carbocycles. The van der Waals surface area contributed by atoms with E-state index in [4.69, 9.17) is 4.74 Å². The zero-order valence-electron chi connectivity index (χ0n) is 14.8. The van der Waals surface area contributed by atoms with Gasteiger partial charge < -0.3 is 14.5 Å². The molecule has 4 aliphatic rings. The monoisotopic (exact) mass is 373 g/mol. The van der Waals surface area contributed by atoms with Gasteiger partial charge in [0.15, 0.2) is 5.60 Å². The van der Waals surface area contributed by atoms with E-state index in [1.54, 1.807) is 14.7 Å². The summed E-state index contributed by atoms with van der Waals surface area (Å²) in [4.78, 5) is 42.4. The first-order valence-electron chi connectivity index (χ1n) is 9.30. The van der Waals surface area contributed by atoms with Crippen molar-refractivity contribution in [2.24, 2.45) is 5.92 Å². The van der Waals surface area contributed by atoms with Gasteiger partial charge in [0, 0.05) is 31.1 Å². The fraction of sp³-hybridized carbons (Fsp3) is 0.526. The highest BCUT2D eigenvalue weighted by molar-refractivity contribution is 5.94. The van der Waals surface area contributed by atoms with E-state index in [0.717, 1.165) is 12.8 Å². The van der Waals surface area contributed by atoms with Crippen LogP contribution >= 0.6 is 0 Å². The molecule has 3 saturated heterocycles. The molecule has 0 N–H and O–H groups in total. The molecular formula is C19H20FN3O4. The summed E-state index contributed by atoms with van der Waals surface area (Å²) in [7, 11) is 0. The van der Waals surface area contributed by atoms with Gasteiger partial charge in [-0.3, -0.25) is 14.5 Å². The second-order valence-electron chi connectivity index (χ2n) is 7.87. The first-order valence-corrected chi connectivity index (χ1v) is 9.30. The number of hydrogen-bond donors (Lipinski definition) is 0. The Kier molecular flexibility index (Phi) is 3.47. The van der Waals surface area contributed by atoms with Crippen LogP contribution in [0.5, 0.6) is 0 Å². The zero-order chi connectivity index (χ0) is 18.8. The first kappa shape index (κ1) is 16.5. The Morgan fingerprint density at radius 1 is 1.07 bits per heavy atom. The molecule has 142 valence electrons. The number of halogens is 1. The number of carbonyl (C=O) groups excluding carboxylic acids is 3. The minimum atomic E-state index is -0.719. The van der Waals surface area contributed by atoms with Gasteiger partial charge >= 0.3 is 6.09 Å². The normalized spacial score (nSPS) is 25.9. The standard InChI is InChI=1S/C19H20FN3O4/c20-14-5-3-13(4-6-14)16(24)21-7-8-23-15(9-21)19(27-18(23)26)10-22(11-19)17(25)12-1-2-12/h3-6,12,15H,1-2,7-11H2. The highest BCUT2D eigenvalue weighted by Gasteiger charge is 2.63. The Labute approximate surface area is 155 Å². The second-order valence-corrected chi connectivity index (χ2v) is 7.87. The number of benzene rings is 1. The Bertz CT molecular complexity index is 817. The molecule has 8 heteroatoms. The Morgan fingerprint density at radius 3 is 2.44 bits per heavy atom. The Balaban J connectivity index is 1.31. The lowest BCUT2D eigenvalue weighted by Gasteiger charge is -2.51. The molecule has 7 nitrogen and oxygen atoms in total. The third-order valence-electron chi connectivity index (χ3n) is 6.05. The molecule has 3 heterocycles. The van der Waals surface area contributed by atoms with Crippen LogP contribution < -0.4 is 0 Å². The third kappa shape index (κ3) is 2.57. The van der Waals surface area contributed by atoms with Crippen LogP contribution in [0, 0.1) is 11.7 Å². The van der Waals surface area contributed by atoms with E-state index in [2.05, 4.69) is 0 Å². The predicted molar refractivity (Wildman–Crippen MR) is 91.3 cm³/mol. The number of piperazine rings is 1. The summed E-state index contributed by atoms with van der Waals surface area (Å²) < 4.78 is 18.8. The lowest BCUT2D eigenvalue weighted by Crippen LogP contribution is -2.72. The van der Waals surface area contributed by atoms with E-state index < -0.39 is 5.60 Å². The van der Waals surface area contributed by atoms with Crippen LogP contribution in [0.4, 0.5) is 9.18 Å². The smallest absolute Gasteiger partial charge is 0.411 e. The van der Waals surface area contributed by atoms with E-state index in [1.807, 2.05) is 0 Å². The number of fused-ring (bicyclic) bond motifs is 2. The van der Waals surface area contributed by atoms with Gasteiger partial charge in [-0.1, -0.05) is 0 Å². The fourth-order valence-corrected chi connectivity index (χ4v) is 4.33. The van der Waals surface area contributed by atoms with Crippen molar-refractivity contribution in [2.75, 3.05) is 32.7 Å². The Morgan fingerprint density at radius 2 is 1.78 bits per heavy atom. The molecule has 0 radical (unpaired) electrons. The molecule has 1 aromatic rings. The van der Waals surface area contributed by atoms with Gasteiger partial charge in [-0.2, -0.15) is 0 Å². The van der Waals surface area contributed by atoms with Gasteiger partial charge in [0.05, 0.1) is 19.1 Å². The molecule has 3 aliphatic heterocycles. The van der Waals surface area contributed by atoms with Crippen LogP contribution in [-0.2, 0) is 9.53 Å². The zero-order valence-corrected chi connectivity index (χ0v) is 14.8. The third-order valence-corrected chi connectivity index (χ3v) is 6.05. The predicted octanol–water partition coefficient (Wildman–Crippen LogP) is 1.09. The summed E-state index contributed by atoms with van der Waals surface area (Å²) in [6.07, 6.45) is 1.52. The molecule has 27 heavy (non-hydrogen) atoms. The molecule has 1 unspecified atom stereocenters. The lowest BCUT2D eigenvalue weighted by atomic mass is 9.84. The summed E-state index contributed by atoms with van der Waals surface area (Å²) in [6.45, 7) is 1.95. The highest BCUT2D eigenvalue weighted by Crippen LogP contribution is 2.42. The lowest BCUT2D eigenvalue weighted by molar-refractivity contribution is -0.156. The number of amides is 3. The quantitative estimate of drug-likeness (QED) is 0.778. The van der Waals surface area contributed by atoms with Crippen LogP contribution in [0.25, 0.3) is 0 Å². The molecular weight excluding hydrogens is 353 g/mol. The summed E-state index contributed by atoms with van der Waals surface area (Å²) in [5.41, 5.74) is -0.299. The first-order chi connectivity index (χ1) is 13.0. The summed E-state index contributed by atoms with van der Waals surface area (Å²) in [6, 6.07) is 5.21. The van der Waals surface area contributed by atoms with Crippen molar-refractivity contribution in [2.45, 2.75) is 24.5 Å². The van der Waals surface area contributed by atoms with Gasteiger partial charge in [-0.15, -0.1) is 0 Å². The number of ether oxygens (including phenoxy) is 1. The average molecular weight is 373 g/mol. The highest BCUT2D eigenvalue weighted by atomic mass is 19.1. The van der Waals surface area contributed by atoms with E-state index >= 15 is 0 Å². The number of carbonyl (C=O) groups is 3. The second kappa shape index (κ2) is 5.68. The molecule has 1 atom stereocenters. The molecule has 3 amide bonds. The molecule has 1 aliphatic carbocycles. The van der Waals surface area contributed by atoms with Crippen molar-refractivity contribution in [1.29, 1.82) is 0 Å². The van der Waals surface area contributed by atoms with Crippen molar-refractivity contribution in [3.05, 3.63) is 35.6 Å². The minimum absolute atomic E-state index is 0.137. The maximum Gasteiger partial charge on any atom is 0.411 e. The minimum Gasteiger partial charge on any atom is -0.437 e. The molecule has 1 aromatic carbocycles. The van der Waals surface area contributed by atoms with Gasteiger partial charge in [-0.05, 0) is 37.1 Å². The molecule has 4 fully saturated rings. The molecule has 0 bridgehead atoms. The van der Waals surface area contributed by atoms with Crippen molar-refractivity contribution in [3.8, 4) is 0 Å². The largest absolute Gasteiger partial charge is 0.437 e. The van der Waals surface area contributed by atoms with Crippen molar-refractivity contribution in [3.63, 3.8) is 0 Å². The van der Waals surface area contributed by atoms with Gasteiger partial charge in [0.1, 0.15) is 5.82 Å². The molecule has 5 rings (SSSR count). The van der Waals surface area contributed by atoms with Crippen molar-refractivity contribution >= 4 is 17.9 Å². The van der Waals surface area contributed by atoms with Crippen LogP contribution in [0.2, 0.25) is 0 Å². The van der Waals surface area contributed by atoms with Gasteiger partial charge in [0.2, 0.25) is 5.91 Å². The van der Waals surface area contributed by atoms with Crippen LogP contribution in [-0.4, -0.2) is 77.0 Å². The molecule has 1 spiro atoms. The van der Waals surface area contributed by atoms with Gasteiger partial charge in [-0.25, -0.2) is 9.18 Å². The van der Waals surface area contributed by atoms with E-state index in [-0.39, 0.29) is 35.7 Å². The maximum absolute atomic E-state index is 13.1. The number of hydrogen-bond acceptors (Lipinski definition) is 4. The average Bonchev–Trinajstić information content (AvgIpc) is 3.44. The fourth-order valence-electron chi connectivity index (χ4n) is 4.33. The summed E-state index contributed by atoms with van der Waals surface area (Å²) in [5, 5.41) is 0. The van der Waals surface area contributed by atoms with Gasteiger partial charge in [0.25, 0.3) is 5.91 Å². The van der Waals surface area contributed by atoms with E-state index in [0.29, 0.717) is 38.3 Å². The van der Waals surface area contributed by atoms with Crippen LogP contribution in [0.1, 0.15) is 23.2 Å². The van der Waals surface area contributed by atoms with Crippen LogP contribution in [0.3, 0.4) is 0 Å². The maximum atomic E-state index is 13.1. The topological polar surface area (TPSA) is 70.2 Å². The SMILES string of the molecule is O=C(c1ccc(F)cc1)N1CCN2C(=O)OC3(CN(C(=O)C4CC4)C3)C2C1. The summed E-state index contributed by atoms with van der Waals surface area (Å²) >= 11 is 0. The Hall–Kier alpha value is -2.64. The van der Waals surface area contributed by atoms with Crippen molar-refractivity contribution < 1.29 is 23.5 Å². The van der Waals surface area contributed by atoms with E-state index in [1.165, 1.54) is 24.3 Å². The van der Waals surface area contributed by atoms with Crippen molar-refractivity contribution in [1.82, 2.24) is 14.7 Å².